The van der Waals surface area contributed by atoms with Crippen molar-refractivity contribution in [2.75, 3.05) is 12.4 Å². The summed E-state index contributed by atoms with van der Waals surface area (Å²) in [7, 11) is 1.63. The summed E-state index contributed by atoms with van der Waals surface area (Å²) in [5, 5.41) is 11.8. The second kappa shape index (κ2) is 7.73. The SMILES string of the molecule is CN1C(=O)C(=Cc2ccc(C(=O)Nc3ccccc3C(=O)O)cc2)SC1=S. The number of amides is 2. The molecule has 1 heterocycles. The van der Waals surface area contributed by atoms with Crippen LogP contribution in [0.2, 0.25) is 0 Å². The monoisotopic (exact) mass is 398 g/mol. The Kier molecular flexibility index (Phi) is 5.38. The zero-order chi connectivity index (χ0) is 19.6. The fourth-order valence-electron chi connectivity index (χ4n) is 2.40. The lowest BCUT2D eigenvalue weighted by molar-refractivity contribution is -0.121. The van der Waals surface area contributed by atoms with Crippen molar-refractivity contribution in [1.82, 2.24) is 4.90 Å². The van der Waals surface area contributed by atoms with Crippen LogP contribution in [0.3, 0.4) is 0 Å². The van der Waals surface area contributed by atoms with Gasteiger partial charge in [-0.25, -0.2) is 4.79 Å². The number of para-hydroxylation sites is 1. The fourth-order valence-corrected chi connectivity index (χ4v) is 3.58. The van der Waals surface area contributed by atoms with E-state index in [1.54, 1.807) is 49.5 Å². The molecule has 1 aliphatic rings. The molecule has 136 valence electrons. The summed E-state index contributed by atoms with van der Waals surface area (Å²) in [4.78, 5) is 37.6. The van der Waals surface area contributed by atoms with Gasteiger partial charge in [-0.2, -0.15) is 0 Å². The number of nitrogens with zero attached hydrogens (tertiary/aromatic N) is 1. The smallest absolute Gasteiger partial charge is 0.337 e. The molecule has 0 atom stereocenters. The Labute approximate surface area is 164 Å². The van der Waals surface area contributed by atoms with Gasteiger partial charge in [-0.05, 0) is 35.9 Å². The zero-order valence-corrected chi connectivity index (χ0v) is 15.8. The van der Waals surface area contributed by atoms with E-state index in [1.807, 2.05) is 0 Å². The van der Waals surface area contributed by atoms with Gasteiger partial charge in [0.15, 0.2) is 0 Å². The Morgan fingerprint density at radius 1 is 1.15 bits per heavy atom. The number of carboxylic acid groups (broad SMARTS) is 1. The highest BCUT2D eigenvalue weighted by atomic mass is 32.2. The van der Waals surface area contributed by atoms with E-state index < -0.39 is 11.9 Å². The molecule has 0 aliphatic carbocycles. The Balaban J connectivity index is 1.76. The summed E-state index contributed by atoms with van der Waals surface area (Å²) >= 11 is 6.32. The number of aromatic carboxylic acids is 1. The number of carboxylic acids is 1. The molecule has 8 heteroatoms. The predicted octanol–water partition coefficient (Wildman–Crippen LogP) is 3.47. The van der Waals surface area contributed by atoms with Gasteiger partial charge >= 0.3 is 5.97 Å². The molecule has 0 aromatic heterocycles. The van der Waals surface area contributed by atoms with Crippen LogP contribution in [-0.4, -0.2) is 39.2 Å². The van der Waals surface area contributed by atoms with Crippen LogP contribution in [0.25, 0.3) is 6.08 Å². The Morgan fingerprint density at radius 3 is 2.41 bits per heavy atom. The molecule has 0 spiro atoms. The summed E-state index contributed by atoms with van der Waals surface area (Å²) in [6, 6.07) is 12.8. The van der Waals surface area contributed by atoms with Crippen molar-refractivity contribution in [2.24, 2.45) is 0 Å². The molecule has 0 saturated carbocycles. The molecular formula is C19H14N2O4S2. The van der Waals surface area contributed by atoms with Crippen LogP contribution in [0.15, 0.2) is 53.4 Å². The van der Waals surface area contributed by atoms with Crippen molar-refractivity contribution >= 4 is 57.8 Å². The molecule has 27 heavy (non-hydrogen) atoms. The Morgan fingerprint density at radius 2 is 1.81 bits per heavy atom. The predicted molar refractivity (Wildman–Crippen MR) is 109 cm³/mol. The first kappa shape index (κ1) is 18.8. The average molecular weight is 398 g/mol. The van der Waals surface area contributed by atoms with E-state index in [0.717, 1.165) is 5.56 Å². The molecule has 6 nitrogen and oxygen atoms in total. The average Bonchev–Trinajstić information content (AvgIpc) is 2.89. The van der Waals surface area contributed by atoms with Gasteiger partial charge in [0.25, 0.3) is 11.8 Å². The van der Waals surface area contributed by atoms with E-state index in [0.29, 0.717) is 14.8 Å². The molecule has 1 saturated heterocycles. The van der Waals surface area contributed by atoms with Crippen LogP contribution in [0.1, 0.15) is 26.3 Å². The minimum absolute atomic E-state index is 0.0177. The second-order valence-electron chi connectivity index (χ2n) is 5.67. The summed E-state index contributed by atoms with van der Waals surface area (Å²) in [5.41, 5.74) is 1.37. The molecule has 2 aromatic carbocycles. The summed E-state index contributed by atoms with van der Waals surface area (Å²) in [6.45, 7) is 0. The minimum atomic E-state index is -1.12. The number of hydrogen-bond acceptors (Lipinski definition) is 5. The maximum absolute atomic E-state index is 12.4. The van der Waals surface area contributed by atoms with Crippen molar-refractivity contribution < 1.29 is 19.5 Å². The van der Waals surface area contributed by atoms with E-state index >= 15 is 0 Å². The van der Waals surface area contributed by atoms with Crippen molar-refractivity contribution in [3.8, 4) is 0 Å². The van der Waals surface area contributed by atoms with E-state index in [9.17, 15) is 19.5 Å². The number of rotatable bonds is 4. The third kappa shape index (κ3) is 4.07. The number of thiocarbonyl (C=S) groups is 1. The van der Waals surface area contributed by atoms with Crippen LogP contribution in [-0.2, 0) is 4.79 Å². The van der Waals surface area contributed by atoms with Gasteiger partial charge in [-0.1, -0.05) is 48.2 Å². The van der Waals surface area contributed by atoms with Crippen LogP contribution in [0.4, 0.5) is 5.69 Å². The van der Waals surface area contributed by atoms with Crippen LogP contribution in [0.5, 0.6) is 0 Å². The standard InChI is InChI=1S/C19H14N2O4S2/c1-21-17(23)15(27-19(21)26)10-11-6-8-12(9-7-11)16(22)20-14-5-3-2-4-13(14)18(24)25/h2-10H,1H3,(H,20,22)(H,24,25). The van der Waals surface area contributed by atoms with E-state index in [4.69, 9.17) is 12.2 Å². The molecule has 2 amide bonds. The van der Waals surface area contributed by atoms with E-state index in [-0.39, 0.29) is 17.2 Å². The lowest BCUT2D eigenvalue weighted by atomic mass is 10.1. The largest absolute Gasteiger partial charge is 0.478 e. The fraction of sp³-hybridized carbons (Fsp3) is 0.0526. The normalized spacial score (nSPS) is 15.3. The molecule has 2 N–H and O–H groups in total. The first-order valence-electron chi connectivity index (χ1n) is 7.82. The molecule has 3 rings (SSSR count). The Bertz CT molecular complexity index is 983. The third-order valence-electron chi connectivity index (χ3n) is 3.86. The minimum Gasteiger partial charge on any atom is -0.478 e. The van der Waals surface area contributed by atoms with Crippen LogP contribution >= 0.6 is 24.0 Å². The van der Waals surface area contributed by atoms with Gasteiger partial charge < -0.3 is 10.4 Å². The lowest BCUT2D eigenvalue weighted by Crippen LogP contribution is -2.22. The quantitative estimate of drug-likeness (QED) is 0.606. The molecule has 0 unspecified atom stereocenters. The number of thioether (sulfide) groups is 1. The molecule has 0 radical (unpaired) electrons. The highest BCUT2D eigenvalue weighted by Gasteiger charge is 2.28. The molecule has 2 aromatic rings. The van der Waals surface area contributed by atoms with Gasteiger partial charge in [0, 0.05) is 12.6 Å². The first-order valence-corrected chi connectivity index (χ1v) is 9.04. The van der Waals surface area contributed by atoms with Gasteiger partial charge in [0.2, 0.25) is 0 Å². The number of nitrogens with one attached hydrogen (secondary N) is 1. The van der Waals surface area contributed by atoms with Crippen LogP contribution < -0.4 is 5.32 Å². The number of hydrogen-bond donors (Lipinski definition) is 2. The van der Waals surface area contributed by atoms with Gasteiger partial charge in [-0.15, -0.1) is 0 Å². The van der Waals surface area contributed by atoms with E-state index in [2.05, 4.69) is 5.32 Å². The van der Waals surface area contributed by atoms with Gasteiger partial charge in [0.05, 0.1) is 16.2 Å². The van der Waals surface area contributed by atoms with E-state index in [1.165, 1.54) is 28.8 Å². The molecular weight excluding hydrogens is 384 g/mol. The lowest BCUT2D eigenvalue weighted by Gasteiger charge is -2.08. The van der Waals surface area contributed by atoms with Crippen molar-refractivity contribution in [2.45, 2.75) is 0 Å². The maximum Gasteiger partial charge on any atom is 0.337 e. The number of benzene rings is 2. The van der Waals surface area contributed by atoms with Crippen molar-refractivity contribution in [3.63, 3.8) is 0 Å². The topological polar surface area (TPSA) is 86.7 Å². The van der Waals surface area contributed by atoms with Gasteiger partial charge in [-0.3, -0.25) is 14.5 Å². The molecule has 0 bridgehead atoms. The van der Waals surface area contributed by atoms with Crippen molar-refractivity contribution in [1.29, 1.82) is 0 Å². The molecule has 1 fully saturated rings. The van der Waals surface area contributed by atoms with Crippen molar-refractivity contribution in [3.05, 3.63) is 70.1 Å². The van der Waals surface area contributed by atoms with Crippen LogP contribution in [0, 0.1) is 0 Å². The summed E-state index contributed by atoms with van der Waals surface area (Å²) < 4.78 is 0.499. The number of likely N-dealkylation sites (N-methyl/N-ethyl adjacent to an activating group) is 1. The summed E-state index contributed by atoms with van der Waals surface area (Å²) in [5.74, 6) is -1.69. The highest BCUT2D eigenvalue weighted by molar-refractivity contribution is 8.26. The maximum atomic E-state index is 12.4. The van der Waals surface area contributed by atoms with Gasteiger partial charge in [0.1, 0.15) is 4.32 Å². The number of carbonyl (C=O) groups is 3. The second-order valence-corrected chi connectivity index (χ2v) is 7.34. The number of anilines is 1. The molecule has 1 aliphatic heterocycles. The number of carbonyl (C=O) groups excluding carboxylic acids is 2. The highest BCUT2D eigenvalue weighted by Crippen LogP contribution is 2.31. The third-order valence-corrected chi connectivity index (χ3v) is 5.35. The first-order chi connectivity index (χ1) is 12.9. The zero-order valence-electron chi connectivity index (χ0n) is 14.1. The Hall–Kier alpha value is -2.97. The summed E-state index contributed by atoms with van der Waals surface area (Å²) in [6.07, 6.45) is 1.71.